The third-order valence-corrected chi connectivity index (χ3v) is 7.40. The zero-order valence-corrected chi connectivity index (χ0v) is 19.5. The first-order chi connectivity index (χ1) is 17.9. The molecule has 0 N–H and O–H groups in total. The molecule has 0 aliphatic carbocycles. The monoisotopic (exact) mass is 459 g/mol. The van der Waals surface area contributed by atoms with Crippen LogP contribution in [0.1, 0.15) is 0 Å². The highest BCUT2D eigenvalue weighted by Crippen LogP contribution is 2.41. The van der Waals surface area contributed by atoms with E-state index in [2.05, 4.69) is 120 Å². The van der Waals surface area contributed by atoms with Crippen LogP contribution in [-0.4, -0.2) is 4.57 Å². The lowest BCUT2D eigenvalue weighted by Gasteiger charge is -2.11. The van der Waals surface area contributed by atoms with Crippen molar-refractivity contribution in [3.05, 3.63) is 127 Å². The van der Waals surface area contributed by atoms with E-state index in [0.29, 0.717) is 0 Å². The molecule has 6 aromatic carbocycles. The van der Waals surface area contributed by atoms with E-state index >= 15 is 0 Å². The van der Waals surface area contributed by atoms with Crippen molar-refractivity contribution >= 4 is 54.5 Å². The van der Waals surface area contributed by atoms with Gasteiger partial charge < -0.3 is 8.98 Å². The maximum Gasteiger partial charge on any atom is 0.143 e. The van der Waals surface area contributed by atoms with Gasteiger partial charge in [-0.2, -0.15) is 0 Å². The highest BCUT2D eigenvalue weighted by atomic mass is 16.3. The Labute approximate surface area is 207 Å². The number of hydrogen-bond acceptors (Lipinski definition) is 1. The number of nitrogens with zero attached hydrogens (tertiary/aromatic N) is 1. The molecule has 2 aromatic heterocycles. The van der Waals surface area contributed by atoms with E-state index in [9.17, 15) is 0 Å². The molecule has 0 aliphatic heterocycles. The van der Waals surface area contributed by atoms with Crippen LogP contribution in [0.25, 0.3) is 71.3 Å². The van der Waals surface area contributed by atoms with Crippen molar-refractivity contribution < 1.29 is 4.42 Å². The van der Waals surface area contributed by atoms with Crippen molar-refractivity contribution in [3.63, 3.8) is 0 Å². The first-order valence-corrected chi connectivity index (χ1v) is 12.3. The summed E-state index contributed by atoms with van der Waals surface area (Å²) < 4.78 is 8.79. The first-order valence-electron chi connectivity index (χ1n) is 12.3. The Morgan fingerprint density at radius 2 is 1.00 bits per heavy atom. The van der Waals surface area contributed by atoms with Gasteiger partial charge in [-0.3, -0.25) is 0 Å². The summed E-state index contributed by atoms with van der Waals surface area (Å²) in [6.45, 7) is 0. The molecule has 168 valence electrons. The predicted octanol–water partition coefficient (Wildman–Crippen LogP) is 9.50. The molecule has 0 saturated carbocycles. The van der Waals surface area contributed by atoms with Gasteiger partial charge in [-0.05, 0) is 47.5 Å². The molecule has 0 unspecified atom stereocenters. The van der Waals surface area contributed by atoms with Crippen molar-refractivity contribution in [2.45, 2.75) is 0 Å². The van der Waals surface area contributed by atoms with Crippen LogP contribution in [0.15, 0.2) is 132 Å². The largest absolute Gasteiger partial charge is 0.455 e. The van der Waals surface area contributed by atoms with E-state index < -0.39 is 0 Å². The molecule has 36 heavy (non-hydrogen) atoms. The quantitative estimate of drug-likeness (QED) is 0.252. The number of furan rings is 1. The first kappa shape index (κ1) is 19.5. The molecular formula is C34H21NO. The van der Waals surface area contributed by atoms with Crippen LogP contribution in [-0.2, 0) is 0 Å². The van der Waals surface area contributed by atoms with Gasteiger partial charge in [0.2, 0.25) is 0 Å². The molecule has 0 fully saturated rings. The molecular weight excluding hydrogens is 438 g/mol. The number of rotatable bonds is 2. The van der Waals surface area contributed by atoms with Gasteiger partial charge in [0.15, 0.2) is 0 Å². The molecule has 2 nitrogen and oxygen atoms in total. The summed E-state index contributed by atoms with van der Waals surface area (Å²) in [5, 5.41) is 7.16. The van der Waals surface area contributed by atoms with Crippen LogP contribution < -0.4 is 0 Å². The smallest absolute Gasteiger partial charge is 0.143 e. The second-order valence-corrected chi connectivity index (χ2v) is 9.36. The Hall–Kier alpha value is -4.82. The van der Waals surface area contributed by atoms with Crippen LogP contribution in [0, 0.1) is 0 Å². The third-order valence-electron chi connectivity index (χ3n) is 7.40. The predicted molar refractivity (Wildman–Crippen MR) is 151 cm³/mol. The van der Waals surface area contributed by atoms with Gasteiger partial charge in [0.05, 0.1) is 11.0 Å². The van der Waals surface area contributed by atoms with E-state index in [-0.39, 0.29) is 0 Å². The fraction of sp³-hybridized carbons (Fsp3) is 0. The van der Waals surface area contributed by atoms with Gasteiger partial charge in [0.1, 0.15) is 11.2 Å². The fourth-order valence-electron chi connectivity index (χ4n) is 5.75. The maximum atomic E-state index is 6.39. The summed E-state index contributed by atoms with van der Waals surface area (Å²) in [4.78, 5) is 0. The molecule has 0 saturated heterocycles. The van der Waals surface area contributed by atoms with Gasteiger partial charge in [0.25, 0.3) is 0 Å². The summed E-state index contributed by atoms with van der Waals surface area (Å²) in [5.41, 5.74) is 7.89. The average molecular weight is 460 g/mol. The zero-order valence-electron chi connectivity index (χ0n) is 19.5. The summed E-state index contributed by atoms with van der Waals surface area (Å²) in [5.74, 6) is 0. The van der Waals surface area contributed by atoms with Gasteiger partial charge in [-0.1, -0.05) is 91.0 Å². The molecule has 0 bridgehead atoms. The van der Waals surface area contributed by atoms with Crippen molar-refractivity contribution in [1.29, 1.82) is 0 Å². The Morgan fingerprint density at radius 3 is 1.81 bits per heavy atom. The van der Waals surface area contributed by atoms with Crippen molar-refractivity contribution in [2.24, 2.45) is 0 Å². The topological polar surface area (TPSA) is 18.1 Å². The summed E-state index contributed by atoms with van der Waals surface area (Å²) in [6, 6.07) is 45.3. The highest BCUT2D eigenvalue weighted by Gasteiger charge is 2.17. The number of para-hydroxylation sites is 2. The van der Waals surface area contributed by atoms with Crippen LogP contribution >= 0.6 is 0 Å². The number of benzene rings is 6. The van der Waals surface area contributed by atoms with Crippen LogP contribution in [0.2, 0.25) is 0 Å². The standard InChI is InChI=1S/C34H21NO/c1-2-8-22(9-3-1)23-14-16-24(17-15-23)35-31-12-6-4-10-25(31)27-18-21-30-28(33(27)35)19-20-29-26-11-5-7-13-32(26)36-34(29)30/h1-21H. The molecule has 2 heteroatoms. The van der Waals surface area contributed by atoms with Gasteiger partial charge in [0, 0.05) is 38.0 Å². The molecule has 0 atom stereocenters. The summed E-state index contributed by atoms with van der Waals surface area (Å²) in [7, 11) is 0. The van der Waals surface area contributed by atoms with E-state index in [1.807, 2.05) is 12.1 Å². The molecule has 8 aromatic rings. The molecule has 2 heterocycles. The van der Waals surface area contributed by atoms with E-state index in [1.54, 1.807) is 0 Å². The third kappa shape index (κ3) is 2.67. The lowest BCUT2D eigenvalue weighted by Crippen LogP contribution is -1.94. The van der Waals surface area contributed by atoms with Gasteiger partial charge in [-0.25, -0.2) is 0 Å². The fourth-order valence-corrected chi connectivity index (χ4v) is 5.75. The number of hydrogen-bond donors (Lipinski definition) is 0. The van der Waals surface area contributed by atoms with Crippen molar-refractivity contribution in [1.82, 2.24) is 4.57 Å². The second-order valence-electron chi connectivity index (χ2n) is 9.36. The lowest BCUT2D eigenvalue weighted by atomic mass is 10.0. The van der Waals surface area contributed by atoms with Crippen LogP contribution in [0.3, 0.4) is 0 Å². The van der Waals surface area contributed by atoms with Crippen molar-refractivity contribution in [3.8, 4) is 16.8 Å². The van der Waals surface area contributed by atoms with Crippen LogP contribution in [0.5, 0.6) is 0 Å². The average Bonchev–Trinajstić information content (AvgIpc) is 3.50. The summed E-state index contributed by atoms with van der Waals surface area (Å²) >= 11 is 0. The number of aromatic nitrogens is 1. The van der Waals surface area contributed by atoms with Gasteiger partial charge >= 0.3 is 0 Å². The minimum absolute atomic E-state index is 0.928. The van der Waals surface area contributed by atoms with Crippen molar-refractivity contribution in [2.75, 3.05) is 0 Å². The summed E-state index contributed by atoms with van der Waals surface area (Å²) in [6.07, 6.45) is 0. The normalized spacial score (nSPS) is 11.9. The second kappa shape index (κ2) is 7.34. The minimum Gasteiger partial charge on any atom is -0.455 e. The molecule has 8 rings (SSSR count). The van der Waals surface area contributed by atoms with Crippen LogP contribution in [0.4, 0.5) is 0 Å². The zero-order chi connectivity index (χ0) is 23.6. The Balaban J connectivity index is 1.46. The Bertz CT molecular complexity index is 2080. The highest BCUT2D eigenvalue weighted by molar-refractivity contribution is 6.24. The Kier molecular flexibility index (Phi) is 3.97. The van der Waals surface area contributed by atoms with E-state index in [0.717, 1.165) is 33.0 Å². The van der Waals surface area contributed by atoms with E-state index in [1.165, 1.54) is 38.3 Å². The lowest BCUT2D eigenvalue weighted by molar-refractivity contribution is 0.672. The number of fused-ring (bicyclic) bond motifs is 9. The molecule has 0 spiro atoms. The maximum absolute atomic E-state index is 6.39. The van der Waals surface area contributed by atoms with E-state index in [4.69, 9.17) is 4.42 Å². The van der Waals surface area contributed by atoms with Gasteiger partial charge in [-0.15, -0.1) is 0 Å². The molecule has 0 amide bonds. The molecule has 0 radical (unpaired) electrons. The molecule has 0 aliphatic rings. The Morgan fingerprint density at radius 1 is 0.417 bits per heavy atom. The SMILES string of the molecule is c1ccc(-c2ccc(-n3c4ccccc4c4ccc5c(ccc6c7ccccc7oc65)c43)cc2)cc1. The minimum atomic E-state index is 0.928.